The van der Waals surface area contributed by atoms with Crippen LogP contribution in [0.3, 0.4) is 0 Å². The lowest BCUT2D eigenvalue weighted by Crippen LogP contribution is -2.29. The second-order valence-corrected chi connectivity index (χ2v) is 5.12. The minimum absolute atomic E-state index is 0.171. The molecule has 0 aliphatic heterocycles. The molecule has 0 aromatic heterocycles. The number of Topliss-reactive ketones (excluding diaryl/α,β-unsaturated/α-hetero) is 1. The summed E-state index contributed by atoms with van der Waals surface area (Å²) in [5, 5.41) is 0. The van der Waals surface area contributed by atoms with Crippen LogP contribution in [-0.4, -0.2) is 5.78 Å². The fourth-order valence-electron chi connectivity index (χ4n) is 1.14. The lowest BCUT2D eigenvalue weighted by molar-refractivity contribution is -0.129. The van der Waals surface area contributed by atoms with Gasteiger partial charge in [0.25, 0.3) is 0 Å². The molecule has 0 unspecified atom stereocenters. The Morgan fingerprint density at radius 2 is 1.79 bits per heavy atom. The summed E-state index contributed by atoms with van der Waals surface area (Å²) in [6, 6.07) is 0. The SMILES string of the molecule is CC(C)=CCCC(=O)C(C)(C)C(C)C. The van der Waals surface area contributed by atoms with E-state index in [2.05, 4.69) is 33.8 Å². The summed E-state index contributed by atoms with van der Waals surface area (Å²) in [6.45, 7) is 12.4. The number of hydrogen-bond acceptors (Lipinski definition) is 1. The van der Waals surface area contributed by atoms with Gasteiger partial charge < -0.3 is 0 Å². The van der Waals surface area contributed by atoms with Crippen LogP contribution in [0.2, 0.25) is 0 Å². The van der Waals surface area contributed by atoms with E-state index in [4.69, 9.17) is 0 Å². The highest BCUT2D eigenvalue weighted by Gasteiger charge is 2.29. The van der Waals surface area contributed by atoms with Gasteiger partial charge in [-0.2, -0.15) is 0 Å². The molecule has 0 aliphatic carbocycles. The molecule has 0 aromatic rings. The maximum atomic E-state index is 11.9. The van der Waals surface area contributed by atoms with Crippen molar-refractivity contribution in [3.8, 4) is 0 Å². The zero-order valence-electron chi connectivity index (χ0n) is 10.5. The molecule has 82 valence electrons. The molecule has 14 heavy (non-hydrogen) atoms. The zero-order valence-corrected chi connectivity index (χ0v) is 10.5. The summed E-state index contributed by atoms with van der Waals surface area (Å²) >= 11 is 0. The number of ketones is 1. The molecular weight excluding hydrogens is 172 g/mol. The molecule has 0 N–H and O–H groups in total. The number of hydrogen-bond donors (Lipinski definition) is 0. The molecule has 0 heterocycles. The summed E-state index contributed by atoms with van der Waals surface area (Å²) in [6.07, 6.45) is 3.70. The average molecular weight is 196 g/mol. The van der Waals surface area contributed by atoms with Crippen molar-refractivity contribution in [2.75, 3.05) is 0 Å². The first-order chi connectivity index (χ1) is 6.28. The molecule has 0 radical (unpaired) electrons. The maximum Gasteiger partial charge on any atom is 0.139 e. The Hall–Kier alpha value is -0.590. The van der Waals surface area contributed by atoms with Crippen molar-refractivity contribution < 1.29 is 4.79 Å². The molecule has 0 rings (SSSR count). The van der Waals surface area contributed by atoms with Gasteiger partial charge in [0.15, 0.2) is 0 Å². The van der Waals surface area contributed by atoms with Gasteiger partial charge in [-0.15, -0.1) is 0 Å². The van der Waals surface area contributed by atoms with E-state index in [1.807, 2.05) is 13.8 Å². The normalized spacial score (nSPS) is 11.6. The third-order valence-corrected chi connectivity index (χ3v) is 3.09. The van der Waals surface area contributed by atoms with Crippen molar-refractivity contribution in [1.82, 2.24) is 0 Å². The van der Waals surface area contributed by atoms with Crippen LogP contribution in [0.15, 0.2) is 11.6 Å². The summed E-state index contributed by atoms with van der Waals surface area (Å²) in [5.74, 6) is 0.798. The summed E-state index contributed by atoms with van der Waals surface area (Å²) < 4.78 is 0. The van der Waals surface area contributed by atoms with Crippen LogP contribution in [0, 0.1) is 11.3 Å². The highest BCUT2D eigenvalue weighted by atomic mass is 16.1. The fourth-order valence-corrected chi connectivity index (χ4v) is 1.14. The van der Waals surface area contributed by atoms with Crippen molar-refractivity contribution >= 4 is 5.78 Å². The van der Waals surface area contributed by atoms with Crippen LogP contribution in [0.1, 0.15) is 54.4 Å². The molecule has 0 fully saturated rings. The monoisotopic (exact) mass is 196 g/mol. The van der Waals surface area contributed by atoms with Crippen LogP contribution >= 0.6 is 0 Å². The third kappa shape index (κ3) is 4.08. The molecule has 0 bridgehead atoms. The highest BCUT2D eigenvalue weighted by molar-refractivity contribution is 5.84. The van der Waals surface area contributed by atoms with Crippen molar-refractivity contribution in [3.05, 3.63) is 11.6 Å². The highest BCUT2D eigenvalue weighted by Crippen LogP contribution is 2.28. The first kappa shape index (κ1) is 13.4. The Morgan fingerprint density at radius 1 is 1.29 bits per heavy atom. The predicted molar refractivity (Wildman–Crippen MR) is 62.3 cm³/mol. The van der Waals surface area contributed by atoms with Gasteiger partial charge in [0.05, 0.1) is 0 Å². The van der Waals surface area contributed by atoms with E-state index in [-0.39, 0.29) is 5.41 Å². The average Bonchev–Trinajstić information content (AvgIpc) is 2.02. The van der Waals surface area contributed by atoms with E-state index in [0.29, 0.717) is 18.1 Å². The molecule has 0 amide bonds. The Labute approximate surface area is 88.6 Å². The standard InChI is InChI=1S/C13H24O/c1-10(2)8-7-9-12(14)13(5,6)11(3)4/h8,11H,7,9H2,1-6H3. The zero-order chi connectivity index (χ0) is 11.4. The first-order valence-corrected chi connectivity index (χ1v) is 5.45. The van der Waals surface area contributed by atoms with E-state index < -0.39 is 0 Å². The smallest absolute Gasteiger partial charge is 0.139 e. The van der Waals surface area contributed by atoms with Crippen molar-refractivity contribution in [2.45, 2.75) is 54.4 Å². The van der Waals surface area contributed by atoms with Crippen LogP contribution in [-0.2, 0) is 4.79 Å². The molecular formula is C13H24O. The quantitative estimate of drug-likeness (QED) is 0.608. The number of carbonyl (C=O) groups excluding carboxylic acids is 1. The van der Waals surface area contributed by atoms with Gasteiger partial charge in [0.1, 0.15) is 5.78 Å². The molecule has 0 saturated carbocycles. The summed E-state index contributed by atoms with van der Waals surface area (Å²) in [7, 11) is 0. The Morgan fingerprint density at radius 3 is 2.14 bits per heavy atom. The lowest BCUT2D eigenvalue weighted by atomic mass is 9.76. The van der Waals surface area contributed by atoms with Crippen LogP contribution in [0.5, 0.6) is 0 Å². The minimum atomic E-state index is -0.171. The Kier molecular flexibility index (Phi) is 5.11. The van der Waals surface area contributed by atoms with Gasteiger partial charge >= 0.3 is 0 Å². The van der Waals surface area contributed by atoms with Gasteiger partial charge in [0.2, 0.25) is 0 Å². The van der Waals surface area contributed by atoms with Crippen LogP contribution < -0.4 is 0 Å². The van der Waals surface area contributed by atoms with E-state index in [9.17, 15) is 4.79 Å². The predicted octanol–water partition coefficient (Wildman–Crippen LogP) is 3.98. The summed E-state index contributed by atoms with van der Waals surface area (Å²) in [4.78, 5) is 11.9. The van der Waals surface area contributed by atoms with Crippen LogP contribution in [0.4, 0.5) is 0 Å². The number of carbonyl (C=O) groups is 1. The van der Waals surface area contributed by atoms with Gasteiger partial charge in [-0.05, 0) is 26.2 Å². The molecule has 1 heteroatoms. The fraction of sp³-hybridized carbons (Fsp3) is 0.769. The van der Waals surface area contributed by atoms with Crippen molar-refractivity contribution in [1.29, 1.82) is 0 Å². The van der Waals surface area contributed by atoms with E-state index in [0.717, 1.165) is 6.42 Å². The van der Waals surface area contributed by atoms with E-state index in [1.54, 1.807) is 0 Å². The largest absolute Gasteiger partial charge is 0.299 e. The molecule has 0 aliphatic rings. The first-order valence-electron chi connectivity index (χ1n) is 5.45. The van der Waals surface area contributed by atoms with Gasteiger partial charge in [-0.25, -0.2) is 0 Å². The molecule has 0 atom stereocenters. The molecule has 0 saturated heterocycles. The van der Waals surface area contributed by atoms with E-state index >= 15 is 0 Å². The van der Waals surface area contributed by atoms with Gasteiger partial charge in [-0.3, -0.25) is 4.79 Å². The van der Waals surface area contributed by atoms with Crippen molar-refractivity contribution in [3.63, 3.8) is 0 Å². The Bertz CT molecular complexity index is 217. The minimum Gasteiger partial charge on any atom is -0.299 e. The van der Waals surface area contributed by atoms with Gasteiger partial charge in [-0.1, -0.05) is 39.3 Å². The Balaban J connectivity index is 4.16. The third-order valence-electron chi connectivity index (χ3n) is 3.09. The van der Waals surface area contributed by atoms with Crippen molar-refractivity contribution in [2.24, 2.45) is 11.3 Å². The van der Waals surface area contributed by atoms with E-state index in [1.165, 1.54) is 5.57 Å². The molecule has 1 nitrogen and oxygen atoms in total. The number of rotatable bonds is 5. The second kappa shape index (κ2) is 5.33. The van der Waals surface area contributed by atoms with Gasteiger partial charge in [0, 0.05) is 11.8 Å². The second-order valence-electron chi connectivity index (χ2n) is 5.12. The van der Waals surface area contributed by atoms with Crippen LogP contribution in [0.25, 0.3) is 0 Å². The summed E-state index contributed by atoms with van der Waals surface area (Å²) in [5.41, 5.74) is 1.12. The maximum absolute atomic E-state index is 11.9. The molecule has 0 spiro atoms. The molecule has 0 aromatic carbocycles. The lowest BCUT2D eigenvalue weighted by Gasteiger charge is -2.27. The topological polar surface area (TPSA) is 17.1 Å². The number of allylic oxidation sites excluding steroid dienone is 2.